The topological polar surface area (TPSA) is 81.2 Å². The van der Waals surface area contributed by atoms with Crippen LogP contribution in [0.25, 0.3) is 20.9 Å². The number of pyridine rings is 1. The lowest BCUT2D eigenvalue weighted by molar-refractivity contribution is 0.402. The van der Waals surface area contributed by atoms with Crippen LogP contribution < -0.4 is 9.46 Å². The van der Waals surface area contributed by atoms with Crippen molar-refractivity contribution in [1.29, 1.82) is 0 Å². The Morgan fingerprint density at radius 2 is 1.86 bits per heavy atom. The second kappa shape index (κ2) is 7.21. The van der Waals surface area contributed by atoms with Crippen LogP contribution in [0.2, 0.25) is 0 Å². The Bertz CT molecular complexity index is 1220. The summed E-state index contributed by atoms with van der Waals surface area (Å²) in [7, 11) is -2.32. The van der Waals surface area contributed by atoms with Crippen LogP contribution in [0.5, 0.6) is 5.75 Å². The Labute approximate surface area is 166 Å². The van der Waals surface area contributed by atoms with Crippen molar-refractivity contribution in [1.82, 2.24) is 9.97 Å². The highest BCUT2D eigenvalue weighted by Crippen LogP contribution is 2.31. The first kappa shape index (κ1) is 18.4. The second-order valence-corrected chi connectivity index (χ2v) is 8.81. The molecule has 2 aromatic carbocycles. The van der Waals surface area contributed by atoms with Crippen molar-refractivity contribution in [2.75, 3.05) is 11.8 Å². The minimum atomic E-state index is -3.77. The number of methoxy groups -OCH3 is 1. The van der Waals surface area contributed by atoms with E-state index in [1.54, 1.807) is 36.5 Å². The van der Waals surface area contributed by atoms with Crippen LogP contribution in [0.15, 0.2) is 65.7 Å². The molecule has 2 heterocycles. The number of sulfonamides is 1. The molecule has 0 fully saturated rings. The minimum absolute atomic E-state index is 0.0990. The highest BCUT2D eigenvalue weighted by molar-refractivity contribution is 7.92. The average molecular weight is 412 g/mol. The first-order chi connectivity index (χ1) is 13.5. The molecule has 4 aromatic rings. The first-order valence-electron chi connectivity index (χ1n) is 8.46. The lowest BCUT2D eigenvalue weighted by Crippen LogP contribution is -2.14. The number of nitrogens with one attached hydrogen (secondary N) is 1. The molecular formula is C20H17N3O3S2. The van der Waals surface area contributed by atoms with Gasteiger partial charge in [-0.3, -0.25) is 4.72 Å². The number of thiazole rings is 1. The fraction of sp³-hybridized carbons (Fsp3) is 0.100. The van der Waals surface area contributed by atoms with E-state index in [1.807, 2.05) is 31.2 Å². The largest absolute Gasteiger partial charge is 0.495 e. The number of rotatable bonds is 5. The van der Waals surface area contributed by atoms with Gasteiger partial charge in [0.2, 0.25) is 0 Å². The van der Waals surface area contributed by atoms with Gasteiger partial charge in [-0.05, 0) is 61.0 Å². The molecule has 6 nitrogen and oxygen atoms in total. The van der Waals surface area contributed by atoms with Gasteiger partial charge in [0.25, 0.3) is 10.0 Å². The Morgan fingerprint density at radius 3 is 2.57 bits per heavy atom. The van der Waals surface area contributed by atoms with Crippen molar-refractivity contribution >= 4 is 37.4 Å². The molecule has 0 bridgehead atoms. The number of benzene rings is 2. The van der Waals surface area contributed by atoms with Gasteiger partial charge in [-0.2, -0.15) is 0 Å². The molecule has 4 rings (SSSR count). The smallest absolute Gasteiger partial charge is 0.265 e. The van der Waals surface area contributed by atoms with Crippen molar-refractivity contribution < 1.29 is 13.2 Å². The quantitative estimate of drug-likeness (QED) is 0.524. The molecule has 0 radical (unpaired) electrons. The molecule has 28 heavy (non-hydrogen) atoms. The van der Waals surface area contributed by atoms with Crippen molar-refractivity contribution in [3.63, 3.8) is 0 Å². The molecule has 0 aliphatic carbocycles. The summed E-state index contributed by atoms with van der Waals surface area (Å²) in [5, 5.41) is 0.836. The number of aromatic nitrogens is 2. The van der Waals surface area contributed by atoms with E-state index in [0.29, 0.717) is 11.4 Å². The fourth-order valence-electron chi connectivity index (χ4n) is 2.78. The van der Waals surface area contributed by atoms with Gasteiger partial charge in [-0.1, -0.05) is 17.4 Å². The molecular weight excluding hydrogens is 394 g/mol. The van der Waals surface area contributed by atoms with E-state index in [9.17, 15) is 8.42 Å². The van der Waals surface area contributed by atoms with Crippen LogP contribution in [0, 0.1) is 6.92 Å². The molecule has 0 saturated carbocycles. The third kappa shape index (κ3) is 3.56. The van der Waals surface area contributed by atoms with Crippen molar-refractivity contribution in [3.05, 3.63) is 66.4 Å². The van der Waals surface area contributed by atoms with Crippen LogP contribution in [0.4, 0.5) is 5.69 Å². The summed E-state index contributed by atoms with van der Waals surface area (Å²) in [6.45, 7) is 1.88. The van der Waals surface area contributed by atoms with Crippen LogP contribution in [-0.4, -0.2) is 25.5 Å². The van der Waals surface area contributed by atoms with E-state index >= 15 is 0 Å². The van der Waals surface area contributed by atoms with E-state index in [4.69, 9.17) is 4.74 Å². The maximum absolute atomic E-state index is 12.8. The van der Waals surface area contributed by atoms with Crippen LogP contribution >= 0.6 is 11.3 Å². The third-order valence-corrected chi connectivity index (χ3v) is 6.61. The van der Waals surface area contributed by atoms with Gasteiger partial charge in [-0.25, -0.2) is 18.4 Å². The highest BCUT2D eigenvalue weighted by Gasteiger charge is 2.19. The Hall–Kier alpha value is -2.97. The number of hydrogen-bond donors (Lipinski definition) is 1. The molecule has 142 valence electrons. The van der Waals surface area contributed by atoms with Gasteiger partial charge in [0.15, 0.2) is 0 Å². The molecule has 0 amide bonds. The van der Waals surface area contributed by atoms with E-state index in [2.05, 4.69) is 14.7 Å². The Kier molecular flexibility index (Phi) is 4.74. The molecule has 0 atom stereocenters. The van der Waals surface area contributed by atoms with Gasteiger partial charge < -0.3 is 4.74 Å². The number of fused-ring (bicyclic) bond motifs is 1. The zero-order chi connectivity index (χ0) is 19.7. The molecule has 0 aliphatic heterocycles. The maximum Gasteiger partial charge on any atom is 0.265 e. The number of anilines is 1. The highest BCUT2D eigenvalue weighted by atomic mass is 32.2. The number of nitrogens with zero attached hydrogens (tertiary/aromatic N) is 2. The summed E-state index contributed by atoms with van der Waals surface area (Å²) in [5.74, 6) is 0.311. The van der Waals surface area contributed by atoms with E-state index in [1.165, 1.54) is 18.4 Å². The van der Waals surface area contributed by atoms with E-state index in [0.717, 1.165) is 26.5 Å². The van der Waals surface area contributed by atoms with Gasteiger partial charge in [0.05, 0.1) is 7.11 Å². The number of hydrogen-bond acceptors (Lipinski definition) is 6. The molecule has 8 heteroatoms. The molecule has 0 unspecified atom stereocenters. The summed E-state index contributed by atoms with van der Waals surface area (Å²) in [6.07, 6.45) is 1.74. The lowest BCUT2D eigenvalue weighted by atomic mass is 10.2. The molecule has 0 saturated heterocycles. The summed E-state index contributed by atoms with van der Waals surface area (Å²) in [6, 6.07) is 15.8. The minimum Gasteiger partial charge on any atom is -0.495 e. The number of ether oxygens (including phenoxy) is 1. The zero-order valence-electron chi connectivity index (χ0n) is 15.2. The first-order valence-corrected chi connectivity index (χ1v) is 10.8. The van der Waals surface area contributed by atoms with Crippen LogP contribution in [0.1, 0.15) is 5.56 Å². The average Bonchev–Trinajstić information content (AvgIpc) is 3.12. The summed E-state index contributed by atoms with van der Waals surface area (Å²) in [4.78, 5) is 9.84. The van der Waals surface area contributed by atoms with Gasteiger partial charge >= 0.3 is 0 Å². The monoisotopic (exact) mass is 411 g/mol. The predicted molar refractivity (Wildman–Crippen MR) is 111 cm³/mol. The Balaban J connectivity index is 1.60. The van der Waals surface area contributed by atoms with E-state index < -0.39 is 10.0 Å². The third-order valence-electron chi connectivity index (χ3n) is 4.16. The van der Waals surface area contributed by atoms with Crippen LogP contribution in [-0.2, 0) is 10.0 Å². The van der Waals surface area contributed by atoms with Crippen molar-refractivity contribution in [3.8, 4) is 16.3 Å². The predicted octanol–water partition coefficient (Wildman–Crippen LogP) is 4.48. The number of aryl methyl sites for hydroxylation is 1. The lowest BCUT2D eigenvalue weighted by Gasteiger charge is -2.12. The fourth-order valence-corrected chi connectivity index (χ4v) is 4.90. The summed E-state index contributed by atoms with van der Waals surface area (Å²) in [5.41, 5.74) is 3.13. The van der Waals surface area contributed by atoms with Gasteiger partial charge in [0.1, 0.15) is 26.0 Å². The van der Waals surface area contributed by atoms with Gasteiger partial charge in [-0.15, -0.1) is 0 Å². The molecule has 2 aromatic heterocycles. The van der Waals surface area contributed by atoms with Gasteiger partial charge in [0, 0.05) is 17.4 Å². The van der Waals surface area contributed by atoms with Crippen LogP contribution in [0.3, 0.4) is 0 Å². The molecule has 1 N–H and O–H groups in total. The maximum atomic E-state index is 12.8. The molecule has 0 spiro atoms. The Morgan fingerprint density at radius 1 is 1.07 bits per heavy atom. The summed E-state index contributed by atoms with van der Waals surface area (Å²) < 4.78 is 33.3. The van der Waals surface area contributed by atoms with Crippen molar-refractivity contribution in [2.24, 2.45) is 0 Å². The molecule has 0 aliphatic rings. The summed E-state index contributed by atoms with van der Waals surface area (Å²) >= 11 is 1.50. The normalized spacial score (nSPS) is 11.5. The zero-order valence-corrected chi connectivity index (χ0v) is 16.8. The second-order valence-electron chi connectivity index (χ2n) is 6.18. The van der Waals surface area contributed by atoms with Crippen molar-refractivity contribution in [2.45, 2.75) is 11.8 Å². The standard InChI is InChI=1S/C20H17N3O3S2/c1-13-5-10-18(17(12-13)26-2)28(24,25)23-15-8-6-14(7-9-15)19-22-16-4-3-11-21-20(16)27-19/h3-12,23H,1-2H3. The van der Waals surface area contributed by atoms with E-state index in [-0.39, 0.29) is 4.90 Å². The SMILES string of the molecule is COc1cc(C)ccc1S(=O)(=O)Nc1ccc(-c2nc3cccnc3s2)cc1.